The van der Waals surface area contributed by atoms with Gasteiger partial charge in [0.2, 0.25) is 5.95 Å². The number of aromatic nitrogens is 2. The molecule has 1 aliphatic rings. The number of rotatable bonds is 3. The highest BCUT2D eigenvalue weighted by molar-refractivity contribution is 6.31. The van der Waals surface area contributed by atoms with Crippen molar-refractivity contribution in [2.45, 2.75) is 19.3 Å². The van der Waals surface area contributed by atoms with Gasteiger partial charge in [-0.25, -0.2) is 9.37 Å². The van der Waals surface area contributed by atoms with E-state index < -0.39 is 5.82 Å². The third-order valence-electron chi connectivity index (χ3n) is 4.41. The van der Waals surface area contributed by atoms with Gasteiger partial charge in [0.05, 0.1) is 10.5 Å². The molecule has 0 saturated carbocycles. The molecule has 1 aliphatic heterocycles. The lowest BCUT2D eigenvalue weighted by atomic mass is 10.1. The van der Waals surface area contributed by atoms with Crippen LogP contribution in [0.15, 0.2) is 42.5 Å². The van der Waals surface area contributed by atoms with Gasteiger partial charge in [0.1, 0.15) is 11.6 Å². The van der Waals surface area contributed by atoms with E-state index in [1.165, 1.54) is 31.4 Å². The van der Waals surface area contributed by atoms with Crippen LogP contribution in [0, 0.1) is 5.82 Å². The van der Waals surface area contributed by atoms with Crippen molar-refractivity contribution in [1.82, 2.24) is 9.97 Å². The molecule has 1 saturated heterocycles. The van der Waals surface area contributed by atoms with Crippen LogP contribution in [0.3, 0.4) is 0 Å². The van der Waals surface area contributed by atoms with Gasteiger partial charge in [-0.15, -0.1) is 0 Å². The van der Waals surface area contributed by atoms with E-state index in [1.54, 1.807) is 6.07 Å². The van der Waals surface area contributed by atoms with E-state index in [4.69, 9.17) is 16.6 Å². The molecule has 4 nitrogen and oxygen atoms in total. The highest BCUT2D eigenvalue weighted by Gasteiger charge is 2.17. The average Bonchev–Trinajstić information content (AvgIpc) is 2.65. The summed E-state index contributed by atoms with van der Waals surface area (Å²) in [7, 11) is 0. The van der Waals surface area contributed by atoms with Crippen molar-refractivity contribution >= 4 is 40.0 Å². The molecule has 2 heterocycles. The minimum Gasteiger partial charge on any atom is -0.356 e. The molecular weight excluding hydrogens is 339 g/mol. The second-order valence-corrected chi connectivity index (χ2v) is 6.60. The summed E-state index contributed by atoms with van der Waals surface area (Å²) in [4.78, 5) is 11.6. The molecule has 0 radical (unpaired) electrons. The molecule has 0 unspecified atom stereocenters. The van der Waals surface area contributed by atoms with E-state index in [2.05, 4.69) is 21.3 Å². The van der Waals surface area contributed by atoms with E-state index in [9.17, 15) is 4.39 Å². The Bertz CT molecular complexity index is 909. The summed E-state index contributed by atoms with van der Waals surface area (Å²) >= 11 is 5.86. The molecule has 0 amide bonds. The Morgan fingerprint density at radius 3 is 2.60 bits per heavy atom. The number of hydrogen-bond donors (Lipinski definition) is 1. The highest BCUT2D eigenvalue weighted by atomic mass is 35.5. The predicted octanol–water partition coefficient (Wildman–Crippen LogP) is 5.16. The Morgan fingerprint density at radius 2 is 1.80 bits per heavy atom. The predicted molar refractivity (Wildman–Crippen MR) is 100 cm³/mol. The Hall–Kier alpha value is -2.40. The average molecular weight is 357 g/mol. The van der Waals surface area contributed by atoms with Crippen molar-refractivity contribution < 1.29 is 4.39 Å². The number of nitrogens with zero attached hydrogens (tertiary/aromatic N) is 3. The molecule has 0 spiro atoms. The SMILES string of the molecule is Fc1ccc(Nc2nc(N3CCCCC3)c3ccccc3n2)cc1Cl. The maximum absolute atomic E-state index is 13.4. The highest BCUT2D eigenvalue weighted by Crippen LogP contribution is 2.29. The fraction of sp³-hybridized carbons (Fsp3) is 0.263. The van der Waals surface area contributed by atoms with Crippen LogP contribution in [0.2, 0.25) is 5.02 Å². The summed E-state index contributed by atoms with van der Waals surface area (Å²) < 4.78 is 13.4. The molecule has 25 heavy (non-hydrogen) atoms. The fourth-order valence-electron chi connectivity index (χ4n) is 3.17. The van der Waals surface area contributed by atoms with Crippen LogP contribution in [0.5, 0.6) is 0 Å². The fourth-order valence-corrected chi connectivity index (χ4v) is 3.35. The van der Waals surface area contributed by atoms with Crippen LogP contribution in [-0.4, -0.2) is 23.1 Å². The first-order valence-corrected chi connectivity index (χ1v) is 8.82. The number of nitrogens with one attached hydrogen (secondary N) is 1. The van der Waals surface area contributed by atoms with E-state index in [-0.39, 0.29) is 5.02 Å². The molecule has 4 rings (SSSR count). The van der Waals surface area contributed by atoms with Crippen molar-refractivity contribution in [2.75, 3.05) is 23.3 Å². The number of para-hydroxylation sites is 1. The number of fused-ring (bicyclic) bond motifs is 1. The second-order valence-electron chi connectivity index (χ2n) is 6.19. The molecule has 1 aromatic heterocycles. The van der Waals surface area contributed by atoms with Gasteiger partial charge < -0.3 is 10.2 Å². The third kappa shape index (κ3) is 3.37. The summed E-state index contributed by atoms with van der Waals surface area (Å²) in [6.45, 7) is 2.01. The molecule has 0 aliphatic carbocycles. The number of benzene rings is 2. The van der Waals surface area contributed by atoms with Crippen LogP contribution < -0.4 is 10.2 Å². The number of piperidine rings is 1. The minimum absolute atomic E-state index is 0.0713. The van der Waals surface area contributed by atoms with Crippen molar-refractivity contribution in [3.05, 3.63) is 53.3 Å². The number of hydrogen-bond acceptors (Lipinski definition) is 4. The maximum atomic E-state index is 13.4. The number of anilines is 3. The lowest BCUT2D eigenvalue weighted by molar-refractivity contribution is 0.575. The lowest BCUT2D eigenvalue weighted by Crippen LogP contribution is -2.30. The van der Waals surface area contributed by atoms with Crippen molar-refractivity contribution in [3.63, 3.8) is 0 Å². The van der Waals surface area contributed by atoms with Crippen LogP contribution in [-0.2, 0) is 0 Å². The molecule has 6 heteroatoms. The van der Waals surface area contributed by atoms with E-state index in [0.29, 0.717) is 11.6 Å². The van der Waals surface area contributed by atoms with Gasteiger partial charge in [0.15, 0.2) is 0 Å². The largest absolute Gasteiger partial charge is 0.356 e. The lowest BCUT2D eigenvalue weighted by Gasteiger charge is -2.29. The zero-order valence-corrected chi connectivity index (χ0v) is 14.4. The topological polar surface area (TPSA) is 41.1 Å². The minimum atomic E-state index is -0.444. The second kappa shape index (κ2) is 6.84. The van der Waals surface area contributed by atoms with Gasteiger partial charge in [-0.05, 0) is 49.6 Å². The first-order chi connectivity index (χ1) is 12.2. The van der Waals surface area contributed by atoms with E-state index in [0.717, 1.165) is 29.8 Å². The standard InChI is InChI=1S/C19H18ClFN4/c20-15-12-13(8-9-16(15)21)22-19-23-17-7-3-2-6-14(17)18(24-19)25-10-4-1-5-11-25/h2-3,6-9,12H,1,4-5,10-11H2,(H,22,23,24). The van der Waals surface area contributed by atoms with E-state index in [1.807, 2.05) is 18.2 Å². The molecule has 1 fully saturated rings. The molecule has 1 N–H and O–H groups in total. The summed E-state index contributed by atoms with van der Waals surface area (Å²) in [6.07, 6.45) is 3.61. The Labute approximate surface area is 150 Å². The van der Waals surface area contributed by atoms with Gasteiger partial charge in [0, 0.05) is 24.2 Å². The van der Waals surface area contributed by atoms with Crippen molar-refractivity contribution in [1.29, 1.82) is 0 Å². The molecular formula is C19H18ClFN4. The van der Waals surface area contributed by atoms with Crippen molar-refractivity contribution in [3.8, 4) is 0 Å². The monoisotopic (exact) mass is 356 g/mol. The zero-order chi connectivity index (χ0) is 17.2. The molecule has 3 aromatic rings. The quantitative estimate of drug-likeness (QED) is 0.704. The van der Waals surface area contributed by atoms with Crippen LogP contribution in [0.1, 0.15) is 19.3 Å². The normalized spacial score (nSPS) is 14.7. The molecule has 0 bridgehead atoms. The van der Waals surface area contributed by atoms with Gasteiger partial charge in [0.25, 0.3) is 0 Å². The summed E-state index contributed by atoms with van der Waals surface area (Å²) in [5.41, 5.74) is 1.54. The Kier molecular flexibility index (Phi) is 4.40. The van der Waals surface area contributed by atoms with Gasteiger partial charge >= 0.3 is 0 Å². The smallest absolute Gasteiger partial charge is 0.229 e. The van der Waals surface area contributed by atoms with Crippen LogP contribution in [0.4, 0.5) is 21.8 Å². The Balaban J connectivity index is 1.74. The molecule has 0 atom stereocenters. The van der Waals surface area contributed by atoms with Crippen LogP contribution in [0.25, 0.3) is 10.9 Å². The number of halogens is 2. The first kappa shape index (κ1) is 16.1. The third-order valence-corrected chi connectivity index (χ3v) is 4.70. The molecule has 2 aromatic carbocycles. The van der Waals surface area contributed by atoms with E-state index >= 15 is 0 Å². The van der Waals surface area contributed by atoms with Crippen LogP contribution >= 0.6 is 11.6 Å². The Morgan fingerprint density at radius 1 is 1.00 bits per heavy atom. The van der Waals surface area contributed by atoms with Gasteiger partial charge in [-0.2, -0.15) is 4.98 Å². The summed E-state index contributed by atoms with van der Waals surface area (Å²) in [5, 5.41) is 4.26. The summed E-state index contributed by atoms with van der Waals surface area (Å²) in [6, 6.07) is 12.5. The molecule has 128 valence electrons. The van der Waals surface area contributed by atoms with Gasteiger partial charge in [-0.1, -0.05) is 23.7 Å². The maximum Gasteiger partial charge on any atom is 0.229 e. The first-order valence-electron chi connectivity index (χ1n) is 8.44. The zero-order valence-electron chi connectivity index (χ0n) is 13.7. The van der Waals surface area contributed by atoms with Crippen molar-refractivity contribution in [2.24, 2.45) is 0 Å². The van der Waals surface area contributed by atoms with Gasteiger partial charge in [-0.3, -0.25) is 0 Å². The summed E-state index contributed by atoms with van der Waals surface area (Å²) in [5.74, 6) is 0.989.